The Bertz CT molecular complexity index is 1580. The lowest BCUT2D eigenvalue weighted by atomic mass is 9.96. The van der Waals surface area contributed by atoms with Crippen molar-refractivity contribution in [1.29, 1.82) is 0 Å². The van der Waals surface area contributed by atoms with E-state index in [0.29, 0.717) is 17.8 Å². The Morgan fingerprint density at radius 1 is 1.06 bits per heavy atom. The number of benzene rings is 3. The Morgan fingerprint density at radius 3 is 2.65 bits per heavy atom. The molecule has 0 spiro atoms. The number of nitrogens with one attached hydrogen (secondary N) is 2. The lowest BCUT2D eigenvalue weighted by Crippen LogP contribution is -2.51. The topological polar surface area (TPSA) is 85.5 Å². The van der Waals surface area contributed by atoms with E-state index in [1.54, 1.807) is 17.0 Å². The van der Waals surface area contributed by atoms with Crippen LogP contribution in [0.15, 0.2) is 71.6 Å². The Labute approximate surface area is 195 Å². The molecule has 2 aliphatic heterocycles. The first kappa shape index (κ1) is 20.7. The molecule has 34 heavy (non-hydrogen) atoms. The quantitative estimate of drug-likeness (QED) is 0.463. The van der Waals surface area contributed by atoms with Gasteiger partial charge in [0.2, 0.25) is 0 Å². The summed E-state index contributed by atoms with van der Waals surface area (Å²) in [5, 5.41) is 1.17. The zero-order valence-electron chi connectivity index (χ0n) is 18.2. The van der Waals surface area contributed by atoms with Gasteiger partial charge in [-0.25, -0.2) is 12.8 Å². The molecule has 4 aromatic rings. The largest absolute Gasteiger partial charge is 0.355 e. The van der Waals surface area contributed by atoms with E-state index in [9.17, 15) is 17.6 Å². The van der Waals surface area contributed by atoms with Crippen molar-refractivity contribution in [2.75, 3.05) is 23.2 Å². The number of hydrogen-bond donors (Lipinski definition) is 2. The highest BCUT2D eigenvalue weighted by Crippen LogP contribution is 2.43. The van der Waals surface area contributed by atoms with E-state index in [1.807, 2.05) is 30.1 Å². The van der Waals surface area contributed by atoms with Gasteiger partial charge in [-0.15, -0.1) is 0 Å². The van der Waals surface area contributed by atoms with Crippen LogP contribution in [-0.4, -0.2) is 37.8 Å². The molecule has 7 nitrogen and oxygen atoms in total. The molecule has 3 aromatic carbocycles. The van der Waals surface area contributed by atoms with Crippen molar-refractivity contribution in [2.45, 2.75) is 17.5 Å². The molecule has 0 saturated heterocycles. The van der Waals surface area contributed by atoms with Crippen molar-refractivity contribution in [3.05, 3.63) is 89.4 Å². The van der Waals surface area contributed by atoms with E-state index in [-0.39, 0.29) is 17.8 Å². The van der Waals surface area contributed by atoms with Crippen LogP contribution in [-0.2, 0) is 16.4 Å². The van der Waals surface area contributed by atoms with Crippen LogP contribution >= 0.6 is 0 Å². The molecule has 0 bridgehead atoms. The average molecular weight is 477 g/mol. The molecule has 0 fully saturated rings. The molecular formula is C25H21FN4O3S. The molecule has 0 aliphatic carbocycles. The van der Waals surface area contributed by atoms with Gasteiger partial charge in [0.25, 0.3) is 15.9 Å². The number of aromatic amines is 1. The predicted molar refractivity (Wildman–Crippen MR) is 128 cm³/mol. The summed E-state index contributed by atoms with van der Waals surface area (Å²) in [6.07, 6.45) is 0.446. The van der Waals surface area contributed by atoms with Crippen LogP contribution in [0.25, 0.3) is 10.9 Å². The van der Waals surface area contributed by atoms with Gasteiger partial charge in [-0.2, -0.15) is 0 Å². The van der Waals surface area contributed by atoms with Gasteiger partial charge in [0.15, 0.2) is 0 Å². The van der Waals surface area contributed by atoms with E-state index >= 15 is 0 Å². The van der Waals surface area contributed by atoms with Gasteiger partial charge in [-0.3, -0.25) is 9.52 Å². The predicted octanol–water partition coefficient (Wildman–Crippen LogP) is 4.25. The number of aromatic nitrogens is 1. The van der Waals surface area contributed by atoms with Gasteiger partial charge in [0.05, 0.1) is 16.9 Å². The summed E-state index contributed by atoms with van der Waals surface area (Å²) < 4.78 is 41.9. The molecule has 2 N–H and O–H groups in total. The molecule has 2 aliphatic rings. The number of fused-ring (bicyclic) bond motifs is 6. The molecule has 6 rings (SSSR count). The Balaban J connectivity index is 1.39. The van der Waals surface area contributed by atoms with Gasteiger partial charge in [-0.1, -0.05) is 30.3 Å². The number of amides is 1. The number of rotatable bonds is 3. The van der Waals surface area contributed by atoms with Crippen LogP contribution in [0.2, 0.25) is 0 Å². The van der Waals surface area contributed by atoms with Gasteiger partial charge >= 0.3 is 0 Å². The van der Waals surface area contributed by atoms with E-state index in [2.05, 4.69) is 15.8 Å². The number of anilines is 2. The highest BCUT2D eigenvalue weighted by atomic mass is 32.2. The van der Waals surface area contributed by atoms with Crippen molar-refractivity contribution in [1.82, 2.24) is 9.88 Å². The lowest BCUT2D eigenvalue weighted by Gasteiger charge is -2.46. The molecule has 1 unspecified atom stereocenters. The summed E-state index contributed by atoms with van der Waals surface area (Å²) in [5.41, 5.74) is 4.55. The minimum Gasteiger partial charge on any atom is -0.355 e. The van der Waals surface area contributed by atoms with Crippen LogP contribution in [0, 0.1) is 5.82 Å². The van der Waals surface area contributed by atoms with Crippen molar-refractivity contribution < 1.29 is 17.6 Å². The molecule has 9 heteroatoms. The number of sulfonamides is 1. The third-order valence-electron chi connectivity index (χ3n) is 6.62. The first-order valence-corrected chi connectivity index (χ1v) is 12.4. The fourth-order valence-electron chi connectivity index (χ4n) is 5.07. The number of halogens is 1. The van der Waals surface area contributed by atoms with Crippen LogP contribution in [0.1, 0.15) is 27.8 Å². The maximum atomic E-state index is 14.1. The van der Waals surface area contributed by atoms with Crippen LogP contribution in [0.3, 0.4) is 0 Å². The fourth-order valence-corrected chi connectivity index (χ4v) is 6.20. The number of carbonyl (C=O) groups is 1. The molecule has 1 aromatic heterocycles. The second-order valence-corrected chi connectivity index (χ2v) is 10.2. The van der Waals surface area contributed by atoms with Gasteiger partial charge in [-0.05, 0) is 48.4 Å². The Kier molecular flexibility index (Phi) is 4.47. The molecular weight excluding hydrogens is 455 g/mol. The lowest BCUT2D eigenvalue weighted by molar-refractivity contribution is 0.0634. The number of hydrogen-bond acceptors (Lipinski definition) is 4. The van der Waals surface area contributed by atoms with Gasteiger partial charge < -0.3 is 14.8 Å². The molecule has 0 radical (unpaired) electrons. The molecule has 1 amide bonds. The summed E-state index contributed by atoms with van der Waals surface area (Å²) in [7, 11) is -2.22. The zero-order valence-corrected chi connectivity index (χ0v) is 19.1. The molecule has 3 heterocycles. The molecule has 1 atom stereocenters. The summed E-state index contributed by atoms with van der Waals surface area (Å²) in [5.74, 6) is -1.01. The monoisotopic (exact) mass is 476 g/mol. The Hall–Kier alpha value is -3.85. The second-order valence-electron chi connectivity index (χ2n) is 8.56. The minimum atomic E-state index is -4.15. The smallest absolute Gasteiger partial charge is 0.264 e. The maximum absolute atomic E-state index is 14.1. The minimum absolute atomic E-state index is 0.172. The van der Waals surface area contributed by atoms with Crippen molar-refractivity contribution in [3.63, 3.8) is 0 Å². The van der Waals surface area contributed by atoms with Gasteiger partial charge in [0, 0.05) is 30.2 Å². The molecule has 0 saturated carbocycles. The third kappa shape index (κ3) is 3.00. The van der Waals surface area contributed by atoms with E-state index in [0.717, 1.165) is 23.7 Å². The maximum Gasteiger partial charge on any atom is 0.264 e. The summed E-state index contributed by atoms with van der Waals surface area (Å²) >= 11 is 0. The highest BCUT2D eigenvalue weighted by Gasteiger charge is 2.41. The Morgan fingerprint density at radius 2 is 1.82 bits per heavy atom. The van der Waals surface area contributed by atoms with E-state index in [1.165, 1.54) is 35.2 Å². The first-order valence-electron chi connectivity index (χ1n) is 10.9. The van der Waals surface area contributed by atoms with Gasteiger partial charge in [0.1, 0.15) is 16.9 Å². The average Bonchev–Trinajstić information content (AvgIpc) is 3.21. The van der Waals surface area contributed by atoms with E-state index in [4.69, 9.17) is 0 Å². The van der Waals surface area contributed by atoms with E-state index < -0.39 is 20.7 Å². The number of carbonyl (C=O) groups excluding carboxylic acids is 1. The SMILES string of the molecule is CN1c2ccc(NS(=O)(=O)c3ccccc3F)cc2C(=O)N2CCc3c([nH]c4ccccc34)C21. The summed E-state index contributed by atoms with van der Waals surface area (Å²) in [6.45, 7) is 0.549. The zero-order chi connectivity index (χ0) is 23.6. The summed E-state index contributed by atoms with van der Waals surface area (Å²) in [4.78, 5) is 20.4. The molecule has 172 valence electrons. The third-order valence-corrected chi connectivity index (χ3v) is 8.03. The van der Waals surface area contributed by atoms with Crippen LogP contribution in [0.5, 0.6) is 0 Å². The van der Waals surface area contributed by atoms with Crippen molar-refractivity contribution >= 4 is 38.2 Å². The fraction of sp³-hybridized carbons (Fsp3) is 0.160. The van der Waals surface area contributed by atoms with Crippen LogP contribution < -0.4 is 9.62 Å². The number of nitrogens with zero attached hydrogens (tertiary/aromatic N) is 2. The highest BCUT2D eigenvalue weighted by molar-refractivity contribution is 7.92. The van der Waals surface area contributed by atoms with Crippen molar-refractivity contribution in [3.8, 4) is 0 Å². The number of para-hydroxylation sites is 1. The van der Waals surface area contributed by atoms with Crippen LogP contribution in [0.4, 0.5) is 15.8 Å². The standard InChI is InChI=1S/C25H21FN4O3S/c1-29-21-11-10-15(28-34(32,33)22-9-5-3-7-19(22)26)14-18(21)25(31)30-13-12-17-16-6-2-4-8-20(16)27-23(17)24(29)30/h2-11,14,24,27-28H,12-13H2,1H3. The second kappa shape index (κ2) is 7.33. The normalized spacial score (nSPS) is 17.4. The number of H-pyrrole nitrogens is 1. The first-order chi connectivity index (χ1) is 16.3. The summed E-state index contributed by atoms with van der Waals surface area (Å²) in [6, 6.07) is 18.1. The van der Waals surface area contributed by atoms with Crippen molar-refractivity contribution in [2.24, 2.45) is 0 Å².